The zero-order valence-corrected chi connectivity index (χ0v) is 30.5. The molecule has 5 nitrogen and oxygen atoms in total. The molecule has 0 saturated heterocycles. The van der Waals surface area contributed by atoms with Crippen molar-refractivity contribution in [2.24, 2.45) is 0 Å². The number of para-hydroxylation sites is 2. The highest BCUT2D eigenvalue weighted by molar-refractivity contribution is 6.12. The molecular formula is C51H35N5. The molecule has 0 bridgehead atoms. The third kappa shape index (κ3) is 5.53. The third-order valence-electron chi connectivity index (χ3n) is 10.5. The first-order valence-electron chi connectivity index (χ1n) is 18.7. The number of benzene rings is 7. The topological polar surface area (TPSA) is 48.5 Å². The molecule has 0 atom stereocenters. The minimum atomic E-state index is 0.532. The van der Waals surface area contributed by atoms with E-state index in [2.05, 4.69) is 162 Å². The Hall–Kier alpha value is -7.63. The third-order valence-corrected chi connectivity index (χ3v) is 10.5. The van der Waals surface area contributed by atoms with E-state index in [-0.39, 0.29) is 0 Å². The number of hydrogen-bond donors (Lipinski definition) is 0. The van der Waals surface area contributed by atoms with E-state index in [1.807, 2.05) is 36.4 Å². The van der Waals surface area contributed by atoms with Crippen molar-refractivity contribution in [3.63, 3.8) is 0 Å². The minimum Gasteiger partial charge on any atom is -0.309 e. The summed E-state index contributed by atoms with van der Waals surface area (Å²) >= 11 is 0. The molecular weight excluding hydrogens is 683 g/mol. The second kappa shape index (κ2) is 13.7. The van der Waals surface area contributed by atoms with E-state index in [4.69, 9.17) is 15.0 Å². The molecule has 264 valence electrons. The van der Waals surface area contributed by atoms with Crippen LogP contribution in [0.4, 0.5) is 0 Å². The second-order valence-corrected chi connectivity index (χ2v) is 13.8. The van der Waals surface area contributed by atoms with Crippen LogP contribution in [0.2, 0.25) is 0 Å². The van der Waals surface area contributed by atoms with Gasteiger partial charge in [0.1, 0.15) is 0 Å². The van der Waals surface area contributed by atoms with E-state index in [9.17, 15) is 0 Å². The molecule has 3 aromatic heterocycles. The van der Waals surface area contributed by atoms with E-state index >= 15 is 0 Å². The molecule has 7 aromatic carbocycles. The van der Waals surface area contributed by atoms with Crippen molar-refractivity contribution < 1.29 is 0 Å². The largest absolute Gasteiger partial charge is 0.309 e. The van der Waals surface area contributed by atoms with Crippen molar-refractivity contribution in [2.45, 2.75) is 0 Å². The zero-order chi connectivity index (χ0) is 37.6. The van der Waals surface area contributed by atoms with Gasteiger partial charge < -0.3 is 4.57 Å². The highest BCUT2D eigenvalue weighted by atomic mass is 15.2. The molecule has 10 aromatic rings. The van der Waals surface area contributed by atoms with Crippen molar-refractivity contribution in [3.8, 4) is 45.3 Å². The van der Waals surface area contributed by atoms with Gasteiger partial charge in [0.05, 0.1) is 22.1 Å². The van der Waals surface area contributed by atoms with Crippen LogP contribution in [-0.2, 0) is 0 Å². The molecule has 0 aliphatic carbocycles. The monoisotopic (exact) mass is 717 g/mol. The van der Waals surface area contributed by atoms with Gasteiger partial charge in [-0.3, -0.25) is 4.57 Å². The summed E-state index contributed by atoms with van der Waals surface area (Å²) in [6.07, 6.45) is 5.35. The minimum absolute atomic E-state index is 0.532. The predicted molar refractivity (Wildman–Crippen MR) is 233 cm³/mol. The van der Waals surface area contributed by atoms with Crippen molar-refractivity contribution in [1.29, 1.82) is 0 Å². The lowest BCUT2D eigenvalue weighted by Crippen LogP contribution is -2.07. The van der Waals surface area contributed by atoms with Crippen LogP contribution >= 0.6 is 0 Å². The average Bonchev–Trinajstić information content (AvgIpc) is 3.78. The highest BCUT2D eigenvalue weighted by Crippen LogP contribution is 2.38. The molecule has 0 radical (unpaired) electrons. The van der Waals surface area contributed by atoms with E-state index in [1.165, 1.54) is 27.4 Å². The molecule has 0 N–H and O–H groups in total. The summed E-state index contributed by atoms with van der Waals surface area (Å²) in [6, 6.07) is 60.0. The molecule has 5 heteroatoms. The van der Waals surface area contributed by atoms with Gasteiger partial charge in [-0.2, -0.15) is 9.97 Å². The van der Waals surface area contributed by atoms with Crippen LogP contribution in [0.15, 0.2) is 201 Å². The molecule has 0 unspecified atom stereocenters. The van der Waals surface area contributed by atoms with Crippen LogP contribution < -0.4 is 0 Å². The van der Waals surface area contributed by atoms with Crippen molar-refractivity contribution >= 4 is 49.2 Å². The number of allylic oxidation sites excluding steroid dienone is 4. The predicted octanol–water partition coefficient (Wildman–Crippen LogP) is 12.8. The lowest BCUT2D eigenvalue weighted by molar-refractivity contribution is 0.932. The van der Waals surface area contributed by atoms with Gasteiger partial charge in [0.15, 0.2) is 11.6 Å². The Morgan fingerprint density at radius 1 is 0.429 bits per heavy atom. The molecule has 0 saturated carbocycles. The van der Waals surface area contributed by atoms with Gasteiger partial charge in [0.2, 0.25) is 5.95 Å². The first-order valence-corrected chi connectivity index (χ1v) is 18.7. The van der Waals surface area contributed by atoms with Gasteiger partial charge in [0, 0.05) is 38.4 Å². The fraction of sp³-hybridized carbons (Fsp3) is 0. The number of nitrogens with zero attached hydrogens (tertiary/aromatic N) is 5. The van der Waals surface area contributed by atoms with Crippen LogP contribution in [0.3, 0.4) is 0 Å². The molecule has 0 fully saturated rings. The van der Waals surface area contributed by atoms with E-state index in [1.54, 1.807) is 12.2 Å². The maximum absolute atomic E-state index is 5.07. The van der Waals surface area contributed by atoms with Crippen LogP contribution in [0.5, 0.6) is 0 Å². The lowest BCUT2D eigenvalue weighted by atomic mass is 10.0. The Balaban J connectivity index is 1.14. The van der Waals surface area contributed by atoms with Crippen molar-refractivity contribution in [1.82, 2.24) is 24.1 Å². The SMILES string of the molecule is C=C/C=C(\C=C)c1nc(-c2ccccc2)nc(-n2c3ccccc3c3cc(-c4ccc5c6ccccc6n(-c6ccc(-c7ccccc7)cc6)c5c4)ccc32)n1. The van der Waals surface area contributed by atoms with Gasteiger partial charge in [-0.1, -0.05) is 159 Å². The van der Waals surface area contributed by atoms with Crippen LogP contribution in [0.25, 0.3) is 94.5 Å². The fourth-order valence-electron chi connectivity index (χ4n) is 7.90. The van der Waals surface area contributed by atoms with Crippen molar-refractivity contribution in [3.05, 3.63) is 207 Å². The lowest BCUT2D eigenvalue weighted by Gasteiger charge is -2.11. The zero-order valence-electron chi connectivity index (χ0n) is 30.5. The summed E-state index contributed by atoms with van der Waals surface area (Å²) in [6.45, 7) is 7.93. The van der Waals surface area contributed by atoms with E-state index in [0.29, 0.717) is 17.6 Å². The summed E-state index contributed by atoms with van der Waals surface area (Å²) < 4.78 is 4.52. The number of aromatic nitrogens is 5. The van der Waals surface area contributed by atoms with Crippen LogP contribution in [-0.4, -0.2) is 24.1 Å². The summed E-state index contributed by atoms with van der Waals surface area (Å²) in [4.78, 5) is 15.0. The Labute approximate surface area is 324 Å². The Morgan fingerprint density at radius 2 is 0.982 bits per heavy atom. The first kappa shape index (κ1) is 33.0. The molecule has 56 heavy (non-hydrogen) atoms. The Kier molecular flexibility index (Phi) is 8.04. The normalized spacial score (nSPS) is 11.8. The molecule has 10 rings (SSSR count). The van der Waals surface area contributed by atoms with Gasteiger partial charge in [-0.25, -0.2) is 4.98 Å². The Bertz CT molecular complexity index is 3150. The van der Waals surface area contributed by atoms with Crippen LogP contribution in [0.1, 0.15) is 5.82 Å². The number of hydrogen-bond acceptors (Lipinski definition) is 3. The molecule has 0 spiro atoms. The summed E-state index contributed by atoms with van der Waals surface area (Å²) in [5.41, 5.74) is 11.8. The summed E-state index contributed by atoms with van der Waals surface area (Å²) in [7, 11) is 0. The quantitative estimate of drug-likeness (QED) is 0.147. The van der Waals surface area contributed by atoms with Crippen LogP contribution in [0, 0.1) is 0 Å². The average molecular weight is 718 g/mol. The Morgan fingerprint density at radius 3 is 1.70 bits per heavy atom. The van der Waals surface area contributed by atoms with Gasteiger partial charge >= 0.3 is 0 Å². The summed E-state index contributed by atoms with van der Waals surface area (Å²) in [5.74, 6) is 1.65. The smallest absolute Gasteiger partial charge is 0.238 e. The van der Waals surface area contributed by atoms with E-state index in [0.717, 1.165) is 55.3 Å². The molecule has 3 heterocycles. The maximum Gasteiger partial charge on any atom is 0.238 e. The van der Waals surface area contributed by atoms with Gasteiger partial charge in [0.25, 0.3) is 0 Å². The number of fused-ring (bicyclic) bond motifs is 6. The van der Waals surface area contributed by atoms with Gasteiger partial charge in [-0.05, 0) is 64.7 Å². The fourth-order valence-corrected chi connectivity index (χ4v) is 7.90. The van der Waals surface area contributed by atoms with E-state index < -0.39 is 0 Å². The maximum atomic E-state index is 5.07. The standard InChI is InChI=1S/C51H35N5/c1-3-15-34(4-2)49-52-50(37-18-9-6-10-19-37)54-51(53-49)56-46-23-14-12-21-42(46)44-32-38(27-31-47(44)56)39-26-30-43-41-20-11-13-22-45(41)55(48(43)33-39)40-28-24-36(25-29-40)35-16-7-5-8-17-35/h3-33H,1-2H2/b34-15+. The molecule has 0 aliphatic heterocycles. The van der Waals surface area contributed by atoms with Gasteiger partial charge in [-0.15, -0.1) is 0 Å². The summed E-state index contributed by atoms with van der Waals surface area (Å²) in [5, 5.41) is 4.68. The molecule has 0 aliphatic rings. The second-order valence-electron chi connectivity index (χ2n) is 13.8. The number of rotatable bonds is 8. The van der Waals surface area contributed by atoms with Crippen molar-refractivity contribution in [2.75, 3.05) is 0 Å². The molecule has 0 amide bonds. The highest BCUT2D eigenvalue weighted by Gasteiger charge is 2.19. The first-order chi connectivity index (χ1) is 27.7.